The predicted molar refractivity (Wildman–Crippen MR) is 136 cm³/mol. The molecule has 0 spiro atoms. The molecule has 1 heterocycles. The van der Waals surface area contributed by atoms with E-state index in [4.69, 9.17) is 0 Å². The van der Waals surface area contributed by atoms with Crippen molar-refractivity contribution in [1.82, 2.24) is 4.98 Å². The van der Waals surface area contributed by atoms with Gasteiger partial charge in [-0.2, -0.15) is 0 Å². The van der Waals surface area contributed by atoms with E-state index < -0.39 is 0 Å². The Hall–Kier alpha value is -4.23. The molecule has 6 aromatic rings. The van der Waals surface area contributed by atoms with Gasteiger partial charge in [-0.15, -0.1) is 0 Å². The lowest BCUT2D eigenvalue weighted by atomic mass is 9.88. The predicted octanol–water partition coefficient (Wildman–Crippen LogP) is 8.39. The van der Waals surface area contributed by atoms with Crippen LogP contribution in [-0.4, -0.2) is 4.98 Å². The van der Waals surface area contributed by atoms with Crippen molar-refractivity contribution in [3.8, 4) is 33.4 Å². The lowest BCUT2D eigenvalue weighted by molar-refractivity contribution is 1.33. The average molecular weight is 408 g/mol. The molecular formula is C31H21N. The van der Waals surface area contributed by atoms with Gasteiger partial charge in [0, 0.05) is 12.4 Å². The summed E-state index contributed by atoms with van der Waals surface area (Å²) in [4.78, 5) is 4.27. The summed E-state index contributed by atoms with van der Waals surface area (Å²) in [5.74, 6) is 0. The van der Waals surface area contributed by atoms with Gasteiger partial charge in [0.1, 0.15) is 0 Å². The van der Waals surface area contributed by atoms with Gasteiger partial charge < -0.3 is 0 Å². The molecule has 150 valence electrons. The van der Waals surface area contributed by atoms with Gasteiger partial charge in [0.05, 0.1) is 0 Å². The topological polar surface area (TPSA) is 12.9 Å². The average Bonchev–Trinajstić information content (AvgIpc) is 2.88. The maximum absolute atomic E-state index is 4.27. The highest BCUT2D eigenvalue weighted by atomic mass is 14.6. The van der Waals surface area contributed by atoms with Crippen LogP contribution < -0.4 is 0 Å². The maximum atomic E-state index is 4.27. The van der Waals surface area contributed by atoms with Crippen molar-refractivity contribution in [2.45, 2.75) is 0 Å². The molecule has 0 saturated heterocycles. The Morgan fingerprint density at radius 1 is 0.438 bits per heavy atom. The first-order valence-corrected chi connectivity index (χ1v) is 10.9. The van der Waals surface area contributed by atoms with E-state index in [1.165, 1.54) is 49.4 Å². The summed E-state index contributed by atoms with van der Waals surface area (Å²) in [5, 5.41) is 5.07. The molecule has 1 nitrogen and oxygen atoms in total. The summed E-state index contributed by atoms with van der Waals surface area (Å²) < 4.78 is 0. The van der Waals surface area contributed by atoms with Crippen molar-refractivity contribution >= 4 is 21.5 Å². The van der Waals surface area contributed by atoms with Gasteiger partial charge in [0.15, 0.2) is 0 Å². The number of pyridine rings is 1. The third-order valence-corrected chi connectivity index (χ3v) is 6.14. The van der Waals surface area contributed by atoms with Gasteiger partial charge in [0.2, 0.25) is 0 Å². The monoisotopic (exact) mass is 407 g/mol. The van der Waals surface area contributed by atoms with Crippen molar-refractivity contribution in [1.29, 1.82) is 0 Å². The van der Waals surface area contributed by atoms with Crippen LogP contribution in [0.25, 0.3) is 54.9 Å². The first kappa shape index (κ1) is 18.5. The minimum absolute atomic E-state index is 1.13. The molecule has 0 atom stereocenters. The number of aromatic nitrogens is 1. The van der Waals surface area contributed by atoms with Crippen LogP contribution in [-0.2, 0) is 0 Å². The van der Waals surface area contributed by atoms with Gasteiger partial charge in [-0.25, -0.2) is 0 Å². The van der Waals surface area contributed by atoms with E-state index in [0.29, 0.717) is 0 Å². The quantitative estimate of drug-likeness (QED) is 0.268. The fraction of sp³-hybridized carbons (Fsp3) is 0. The first-order valence-electron chi connectivity index (χ1n) is 10.9. The van der Waals surface area contributed by atoms with E-state index in [-0.39, 0.29) is 0 Å². The summed E-state index contributed by atoms with van der Waals surface area (Å²) in [6, 6.07) is 41.3. The molecule has 0 unspecified atom stereocenters. The second kappa shape index (κ2) is 7.79. The van der Waals surface area contributed by atoms with Crippen LogP contribution in [0.15, 0.2) is 128 Å². The summed E-state index contributed by atoms with van der Waals surface area (Å²) in [6.07, 6.45) is 3.72. The van der Waals surface area contributed by atoms with Gasteiger partial charge in [0.25, 0.3) is 0 Å². The first-order chi connectivity index (χ1) is 15.9. The Morgan fingerprint density at radius 2 is 1.12 bits per heavy atom. The molecule has 0 bridgehead atoms. The van der Waals surface area contributed by atoms with Crippen molar-refractivity contribution in [3.05, 3.63) is 128 Å². The molecule has 0 saturated carbocycles. The van der Waals surface area contributed by atoms with Gasteiger partial charge >= 0.3 is 0 Å². The fourth-order valence-corrected chi connectivity index (χ4v) is 4.55. The number of nitrogens with zero attached hydrogens (tertiary/aromatic N) is 1. The highest BCUT2D eigenvalue weighted by molar-refractivity contribution is 6.09. The van der Waals surface area contributed by atoms with Gasteiger partial charge in [-0.3, -0.25) is 4.98 Å². The Labute approximate surface area is 187 Å². The molecule has 0 aliphatic carbocycles. The Kier molecular flexibility index (Phi) is 4.51. The number of hydrogen-bond acceptors (Lipinski definition) is 1. The largest absolute Gasteiger partial charge is 0.264 e. The van der Waals surface area contributed by atoms with E-state index in [9.17, 15) is 0 Å². The van der Waals surface area contributed by atoms with Crippen molar-refractivity contribution in [3.63, 3.8) is 0 Å². The Bertz CT molecular complexity index is 1530. The van der Waals surface area contributed by atoms with Crippen molar-refractivity contribution in [2.24, 2.45) is 0 Å². The van der Waals surface area contributed by atoms with Crippen LogP contribution in [0.5, 0.6) is 0 Å². The highest BCUT2D eigenvalue weighted by Gasteiger charge is 2.13. The zero-order valence-corrected chi connectivity index (χ0v) is 17.6. The van der Waals surface area contributed by atoms with E-state index in [1.807, 2.05) is 18.5 Å². The smallest absolute Gasteiger partial charge is 0.0346 e. The Balaban J connectivity index is 1.61. The number of rotatable bonds is 3. The van der Waals surface area contributed by atoms with Crippen molar-refractivity contribution < 1.29 is 0 Å². The minimum Gasteiger partial charge on any atom is -0.264 e. The van der Waals surface area contributed by atoms with Crippen LogP contribution in [0.2, 0.25) is 0 Å². The molecule has 6 rings (SSSR count). The fourth-order valence-electron chi connectivity index (χ4n) is 4.55. The van der Waals surface area contributed by atoms with Crippen LogP contribution in [0, 0.1) is 0 Å². The molecular weight excluding hydrogens is 386 g/mol. The van der Waals surface area contributed by atoms with E-state index in [1.54, 1.807) is 0 Å². The summed E-state index contributed by atoms with van der Waals surface area (Å²) in [5.41, 5.74) is 7.28. The normalized spacial score (nSPS) is 11.1. The number of hydrogen-bond donors (Lipinski definition) is 0. The van der Waals surface area contributed by atoms with Crippen LogP contribution in [0.4, 0.5) is 0 Å². The van der Waals surface area contributed by atoms with E-state index in [2.05, 4.69) is 114 Å². The van der Waals surface area contributed by atoms with E-state index in [0.717, 1.165) is 5.56 Å². The van der Waals surface area contributed by atoms with Crippen molar-refractivity contribution in [2.75, 3.05) is 0 Å². The zero-order valence-electron chi connectivity index (χ0n) is 17.6. The van der Waals surface area contributed by atoms with Gasteiger partial charge in [-0.05, 0) is 73.1 Å². The molecule has 0 aliphatic rings. The number of fused-ring (bicyclic) bond motifs is 2. The minimum atomic E-state index is 1.13. The zero-order chi connectivity index (χ0) is 21.3. The van der Waals surface area contributed by atoms with E-state index >= 15 is 0 Å². The molecule has 0 radical (unpaired) electrons. The SMILES string of the molecule is c1ccc(-c2ccc3cc4ccccc4cc3c2-c2ccc(-c3cccnc3)cc2)cc1. The summed E-state index contributed by atoms with van der Waals surface area (Å²) in [6.45, 7) is 0. The molecule has 0 amide bonds. The van der Waals surface area contributed by atoms with Crippen LogP contribution >= 0.6 is 0 Å². The second-order valence-corrected chi connectivity index (χ2v) is 8.09. The second-order valence-electron chi connectivity index (χ2n) is 8.09. The third kappa shape index (κ3) is 3.25. The standard InChI is InChI=1S/C31H21N/c1-2-7-23(8-3-1)29-17-16-27-19-25-9-4-5-10-26(25)20-30(27)31(29)24-14-12-22(13-15-24)28-11-6-18-32-21-28/h1-21H. The summed E-state index contributed by atoms with van der Waals surface area (Å²) >= 11 is 0. The molecule has 1 aromatic heterocycles. The lowest BCUT2D eigenvalue weighted by Gasteiger charge is -2.16. The van der Waals surface area contributed by atoms with Crippen LogP contribution in [0.1, 0.15) is 0 Å². The third-order valence-electron chi connectivity index (χ3n) is 6.14. The summed E-state index contributed by atoms with van der Waals surface area (Å²) in [7, 11) is 0. The Morgan fingerprint density at radius 3 is 1.88 bits per heavy atom. The van der Waals surface area contributed by atoms with Gasteiger partial charge in [-0.1, -0.05) is 97.1 Å². The van der Waals surface area contributed by atoms with Crippen LogP contribution in [0.3, 0.4) is 0 Å². The molecule has 5 aromatic carbocycles. The number of benzene rings is 5. The lowest BCUT2D eigenvalue weighted by Crippen LogP contribution is -1.89. The molecule has 0 N–H and O–H groups in total. The molecule has 0 aliphatic heterocycles. The molecule has 32 heavy (non-hydrogen) atoms. The molecule has 0 fully saturated rings. The molecule has 1 heteroatoms. The maximum Gasteiger partial charge on any atom is 0.0346 e. The highest BCUT2D eigenvalue weighted by Crippen LogP contribution is 2.40.